The number of likely N-dealkylation sites (tertiary alicyclic amines) is 2. The summed E-state index contributed by atoms with van der Waals surface area (Å²) in [5, 5.41) is 7.77. The van der Waals surface area contributed by atoms with Crippen LogP contribution in [0.2, 0.25) is 0 Å². The van der Waals surface area contributed by atoms with Gasteiger partial charge in [-0.2, -0.15) is 0 Å². The lowest BCUT2D eigenvalue weighted by atomic mass is 10.1. The van der Waals surface area contributed by atoms with Crippen LogP contribution in [0.4, 0.5) is 0 Å². The first kappa shape index (κ1) is 13.7. The predicted molar refractivity (Wildman–Crippen MR) is 70.8 cm³/mol. The molecule has 0 saturated carbocycles. The van der Waals surface area contributed by atoms with E-state index < -0.39 is 0 Å². The predicted octanol–water partition coefficient (Wildman–Crippen LogP) is -0.409. The second kappa shape index (κ2) is 5.63. The zero-order valence-corrected chi connectivity index (χ0v) is 11.6. The van der Waals surface area contributed by atoms with Crippen molar-refractivity contribution in [3.63, 3.8) is 0 Å². The van der Waals surface area contributed by atoms with Gasteiger partial charge < -0.3 is 4.90 Å². The molecule has 3 heterocycles. The Morgan fingerprint density at radius 1 is 1.19 bits per heavy atom. The fourth-order valence-electron chi connectivity index (χ4n) is 2.83. The van der Waals surface area contributed by atoms with Gasteiger partial charge in [0.2, 0.25) is 17.7 Å². The first-order valence-electron chi connectivity index (χ1n) is 7.12. The van der Waals surface area contributed by atoms with Gasteiger partial charge in [-0.3, -0.25) is 19.3 Å². The molecule has 0 bridgehead atoms. The van der Waals surface area contributed by atoms with Gasteiger partial charge >= 0.3 is 0 Å². The van der Waals surface area contributed by atoms with Gasteiger partial charge in [0.1, 0.15) is 6.54 Å². The van der Waals surface area contributed by atoms with Gasteiger partial charge in [-0.1, -0.05) is 5.21 Å². The van der Waals surface area contributed by atoms with Crippen molar-refractivity contribution in [3.8, 4) is 0 Å². The van der Waals surface area contributed by atoms with E-state index in [0.717, 1.165) is 17.7 Å². The Morgan fingerprint density at radius 3 is 2.43 bits per heavy atom. The topological polar surface area (TPSA) is 88.4 Å². The number of amides is 3. The average Bonchev–Trinajstić information content (AvgIpc) is 3.13. The second-order valence-corrected chi connectivity index (χ2v) is 5.37. The van der Waals surface area contributed by atoms with Crippen LogP contribution >= 0.6 is 0 Å². The quantitative estimate of drug-likeness (QED) is 0.706. The van der Waals surface area contributed by atoms with E-state index in [4.69, 9.17) is 0 Å². The van der Waals surface area contributed by atoms with E-state index in [9.17, 15) is 14.4 Å². The summed E-state index contributed by atoms with van der Waals surface area (Å²) in [7, 11) is 0. The third-order valence-corrected chi connectivity index (χ3v) is 4.08. The number of hydrogen-bond donors (Lipinski definition) is 0. The maximum absolute atomic E-state index is 12.2. The number of rotatable bonds is 3. The van der Waals surface area contributed by atoms with E-state index in [1.165, 1.54) is 0 Å². The van der Waals surface area contributed by atoms with Crippen molar-refractivity contribution in [2.24, 2.45) is 0 Å². The van der Waals surface area contributed by atoms with Gasteiger partial charge in [-0.15, -0.1) is 5.10 Å². The molecule has 0 spiro atoms. The van der Waals surface area contributed by atoms with Gasteiger partial charge in [-0.05, 0) is 12.8 Å². The molecular formula is C13H17N5O3. The Balaban J connectivity index is 1.53. The summed E-state index contributed by atoms with van der Waals surface area (Å²) < 4.78 is 1.81. The van der Waals surface area contributed by atoms with Crippen molar-refractivity contribution in [3.05, 3.63) is 12.4 Å². The fourth-order valence-corrected chi connectivity index (χ4v) is 2.83. The standard InChI is InChI=1S/C13H17N5O3/c19-11-1-2-12(20)17(11)9-13(21)16-6-3-10(4-7-16)18-8-5-14-15-18/h5,8,10H,1-4,6-7,9H2. The molecule has 2 saturated heterocycles. The molecule has 2 aliphatic heterocycles. The maximum atomic E-state index is 12.2. The molecule has 21 heavy (non-hydrogen) atoms. The molecule has 1 aromatic heterocycles. The summed E-state index contributed by atoms with van der Waals surface area (Å²) in [5.74, 6) is -0.646. The number of carbonyl (C=O) groups is 3. The van der Waals surface area contributed by atoms with Crippen LogP contribution in [0.25, 0.3) is 0 Å². The summed E-state index contributed by atoms with van der Waals surface area (Å²) in [6.07, 6.45) is 5.51. The zero-order valence-electron chi connectivity index (χ0n) is 11.6. The Hall–Kier alpha value is -2.25. The van der Waals surface area contributed by atoms with Crippen molar-refractivity contribution in [2.75, 3.05) is 19.6 Å². The highest BCUT2D eigenvalue weighted by Gasteiger charge is 2.32. The molecule has 0 aliphatic carbocycles. The monoisotopic (exact) mass is 291 g/mol. The van der Waals surface area contributed by atoms with Crippen LogP contribution in [0.15, 0.2) is 12.4 Å². The Labute approximate surface area is 121 Å². The molecule has 8 nitrogen and oxygen atoms in total. The first-order valence-corrected chi connectivity index (χ1v) is 7.12. The van der Waals surface area contributed by atoms with E-state index >= 15 is 0 Å². The van der Waals surface area contributed by atoms with Gasteiger partial charge in [0.25, 0.3) is 0 Å². The lowest BCUT2D eigenvalue weighted by Crippen LogP contribution is -2.45. The number of aromatic nitrogens is 3. The molecule has 0 radical (unpaired) electrons. The maximum Gasteiger partial charge on any atom is 0.242 e. The number of hydrogen-bond acceptors (Lipinski definition) is 5. The molecular weight excluding hydrogens is 274 g/mol. The van der Waals surface area contributed by atoms with Crippen molar-refractivity contribution >= 4 is 17.7 Å². The third-order valence-electron chi connectivity index (χ3n) is 4.08. The lowest BCUT2D eigenvalue weighted by Gasteiger charge is -2.32. The minimum Gasteiger partial charge on any atom is -0.341 e. The molecule has 2 aliphatic rings. The molecule has 0 aromatic carbocycles. The van der Waals surface area contributed by atoms with Crippen LogP contribution in [-0.4, -0.2) is 62.1 Å². The van der Waals surface area contributed by atoms with Crippen molar-refractivity contribution < 1.29 is 14.4 Å². The summed E-state index contributed by atoms with van der Waals surface area (Å²) in [6.45, 7) is 1.10. The van der Waals surface area contributed by atoms with Crippen molar-refractivity contribution in [1.82, 2.24) is 24.8 Å². The van der Waals surface area contributed by atoms with Crippen molar-refractivity contribution in [1.29, 1.82) is 0 Å². The van der Waals surface area contributed by atoms with E-state index in [1.807, 2.05) is 10.9 Å². The highest BCUT2D eigenvalue weighted by molar-refractivity contribution is 6.04. The Kier molecular flexibility index (Phi) is 3.68. The summed E-state index contributed by atoms with van der Waals surface area (Å²) in [6, 6.07) is 0.256. The van der Waals surface area contributed by atoms with Crippen LogP contribution in [-0.2, 0) is 14.4 Å². The van der Waals surface area contributed by atoms with Crippen LogP contribution in [0.5, 0.6) is 0 Å². The summed E-state index contributed by atoms with van der Waals surface area (Å²) in [5.41, 5.74) is 0. The molecule has 8 heteroatoms. The summed E-state index contributed by atoms with van der Waals surface area (Å²) >= 11 is 0. The number of carbonyl (C=O) groups excluding carboxylic acids is 3. The largest absolute Gasteiger partial charge is 0.341 e. The molecule has 1 aromatic rings. The van der Waals surface area contributed by atoms with Gasteiger partial charge in [-0.25, -0.2) is 4.68 Å². The van der Waals surface area contributed by atoms with Crippen LogP contribution in [0.3, 0.4) is 0 Å². The van der Waals surface area contributed by atoms with Gasteiger partial charge in [0.15, 0.2) is 0 Å². The van der Waals surface area contributed by atoms with Crippen LogP contribution in [0, 0.1) is 0 Å². The van der Waals surface area contributed by atoms with Gasteiger partial charge in [0, 0.05) is 32.1 Å². The Bertz CT molecular complexity index is 532. The van der Waals surface area contributed by atoms with Gasteiger partial charge in [0.05, 0.1) is 12.2 Å². The molecule has 0 N–H and O–H groups in total. The highest BCUT2D eigenvalue weighted by Crippen LogP contribution is 2.21. The van der Waals surface area contributed by atoms with Crippen molar-refractivity contribution in [2.45, 2.75) is 31.7 Å². The fraction of sp³-hybridized carbons (Fsp3) is 0.615. The molecule has 0 atom stereocenters. The van der Waals surface area contributed by atoms with Crippen LogP contribution < -0.4 is 0 Å². The number of piperidine rings is 1. The molecule has 2 fully saturated rings. The van der Waals surface area contributed by atoms with E-state index in [0.29, 0.717) is 13.1 Å². The smallest absolute Gasteiger partial charge is 0.242 e. The third kappa shape index (κ3) is 2.79. The molecule has 3 amide bonds. The molecule has 0 unspecified atom stereocenters. The zero-order chi connectivity index (χ0) is 14.8. The summed E-state index contributed by atoms with van der Waals surface area (Å²) in [4.78, 5) is 38.0. The lowest BCUT2D eigenvalue weighted by molar-refractivity contribution is -0.146. The van der Waals surface area contributed by atoms with E-state index in [-0.39, 0.29) is 43.1 Å². The van der Waals surface area contributed by atoms with E-state index in [2.05, 4.69) is 10.3 Å². The normalized spacial score (nSPS) is 20.4. The molecule has 112 valence electrons. The SMILES string of the molecule is O=C(CN1C(=O)CCC1=O)N1CCC(n2ccnn2)CC1. The van der Waals surface area contributed by atoms with Crippen LogP contribution in [0.1, 0.15) is 31.7 Å². The molecule has 3 rings (SSSR count). The second-order valence-electron chi connectivity index (χ2n) is 5.37. The number of nitrogens with zero attached hydrogens (tertiary/aromatic N) is 5. The average molecular weight is 291 g/mol. The number of imide groups is 1. The minimum absolute atomic E-state index is 0.119. The highest BCUT2D eigenvalue weighted by atomic mass is 16.2. The van der Waals surface area contributed by atoms with E-state index in [1.54, 1.807) is 11.1 Å². The first-order chi connectivity index (χ1) is 10.1. The Morgan fingerprint density at radius 2 is 1.86 bits per heavy atom. The minimum atomic E-state index is -0.245.